The Morgan fingerprint density at radius 1 is 1.16 bits per heavy atom. The number of anilines is 1. The van der Waals surface area contributed by atoms with Gasteiger partial charge in [-0.3, -0.25) is 9.59 Å². The van der Waals surface area contributed by atoms with Gasteiger partial charge >= 0.3 is 0 Å². The molecule has 3 heterocycles. The van der Waals surface area contributed by atoms with Gasteiger partial charge in [-0.05, 0) is 24.6 Å². The zero-order chi connectivity index (χ0) is 22.1. The van der Waals surface area contributed by atoms with Crippen molar-refractivity contribution in [3.8, 4) is 22.6 Å². The van der Waals surface area contributed by atoms with Crippen LogP contribution < -0.4 is 20.3 Å². The van der Waals surface area contributed by atoms with Gasteiger partial charge in [0.1, 0.15) is 18.0 Å². The zero-order valence-corrected chi connectivity index (χ0v) is 18.7. The lowest BCUT2D eigenvalue weighted by Crippen LogP contribution is -2.23. The van der Waals surface area contributed by atoms with Crippen LogP contribution >= 0.6 is 23.1 Å². The van der Waals surface area contributed by atoms with E-state index in [1.54, 1.807) is 25.1 Å². The van der Waals surface area contributed by atoms with Crippen LogP contribution in [0.1, 0.15) is 6.92 Å². The molecule has 32 heavy (non-hydrogen) atoms. The number of thiophene rings is 1. The molecule has 7 nitrogen and oxygen atoms in total. The van der Waals surface area contributed by atoms with Crippen molar-refractivity contribution >= 4 is 44.9 Å². The largest absolute Gasteiger partial charge is 0.486 e. The lowest BCUT2D eigenvalue weighted by molar-refractivity contribution is -0.115. The normalized spacial score (nSPS) is 13.7. The fourth-order valence-corrected chi connectivity index (χ4v) is 5.20. The predicted octanol–water partition coefficient (Wildman–Crippen LogP) is 4.54. The van der Waals surface area contributed by atoms with Crippen LogP contribution in [0, 0.1) is 0 Å². The molecule has 0 saturated carbocycles. The van der Waals surface area contributed by atoms with E-state index in [9.17, 15) is 9.59 Å². The smallest absolute Gasteiger partial charge is 0.260 e. The molecule has 1 aliphatic rings. The van der Waals surface area contributed by atoms with Crippen LogP contribution in [-0.4, -0.2) is 34.3 Å². The second-order valence-electron chi connectivity index (χ2n) is 7.17. The van der Waals surface area contributed by atoms with Crippen molar-refractivity contribution < 1.29 is 14.3 Å². The van der Waals surface area contributed by atoms with Crippen molar-refractivity contribution in [1.82, 2.24) is 9.97 Å². The first kappa shape index (κ1) is 20.6. The molecule has 1 aliphatic heterocycles. The van der Waals surface area contributed by atoms with Crippen LogP contribution in [0.25, 0.3) is 21.3 Å². The molecule has 2 aromatic heterocycles. The molecular formula is C23H19N3O4S2. The summed E-state index contributed by atoms with van der Waals surface area (Å²) in [5, 5.41) is 5.32. The first-order valence-corrected chi connectivity index (χ1v) is 11.8. The molecule has 1 atom stereocenters. The minimum absolute atomic E-state index is 0.203. The Kier molecular flexibility index (Phi) is 5.59. The fraction of sp³-hybridized carbons (Fsp3) is 0.174. The van der Waals surface area contributed by atoms with Gasteiger partial charge in [-0.25, -0.2) is 4.98 Å². The van der Waals surface area contributed by atoms with E-state index >= 15 is 0 Å². The van der Waals surface area contributed by atoms with E-state index in [0.29, 0.717) is 45.8 Å². The molecule has 9 heteroatoms. The predicted molar refractivity (Wildman–Crippen MR) is 127 cm³/mol. The molecule has 2 N–H and O–H groups in total. The summed E-state index contributed by atoms with van der Waals surface area (Å²) in [7, 11) is 0. The summed E-state index contributed by atoms with van der Waals surface area (Å²) < 4.78 is 11.1. The van der Waals surface area contributed by atoms with E-state index < -0.39 is 5.25 Å². The number of thioether (sulfide) groups is 1. The maximum Gasteiger partial charge on any atom is 0.260 e. The SMILES string of the molecule is C[C@@H](Sc1nc2scc(-c3ccccc3)c2c(=O)[nH]1)C(=O)Nc1ccc2c(c1)OCCO2. The van der Waals surface area contributed by atoms with Gasteiger partial charge < -0.3 is 19.8 Å². The Hall–Kier alpha value is -3.30. The molecule has 2 aromatic carbocycles. The van der Waals surface area contributed by atoms with Gasteiger partial charge in [-0.2, -0.15) is 0 Å². The summed E-state index contributed by atoms with van der Waals surface area (Å²) >= 11 is 2.62. The third-order valence-corrected chi connectivity index (χ3v) is 6.83. The number of hydrogen-bond acceptors (Lipinski definition) is 7. The highest BCUT2D eigenvalue weighted by atomic mass is 32.2. The molecule has 5 rings (SSSR count). The molecule has 0 bridgehead atoms. The number of amides is 1. The molecule has 0 aliphatic carbocycles. The van der Waals surface area contributed by atoms with Gasteiger partial charge in [0.05, 0.1) is 10.6 Å². The number of aromatic amines is 1. The molecule has 0 saturated heterocycles. The Bertz CT molecular complexity index is 1350. The molecular weight excluding hydrogens is 446 g/mol. The fourth-order valence-electron chi connectivity index (χ4n) is 3.40. The van der Waals surface area contributed by atoms with Crippen LogP contribution in [0.15, 0.2) is 63.9 Å². The third-order valence-electron chi connectivity index (χ3n) is 4.97. The van der Waals surface area contributed by atoms with Gasteiger partial charge in [0, 0.05) is 22.7 Å². The highest BCUT2D eigenvalue weighted by Gasteiger charge is 2.20. The first-order chi connectivity index (χ1) is 15.6. The average molecular weight is 466 g/mol. The van der Waals surface area contributed by atoms with E-state index in [-0.39, 0.29) is 11.5 Å². The number of hydrogen-bond donors (Lipinski definition) is 2. The van der Waals surface area contributed by atoms with Crippen LogP contribution in [0.4, 0.5) is 5.69 Å². The summed E-state index contributed by atoms with van der Waals surface area (Å²) in [5.74, 6) is 1.07. The second-order valence-corrected chi connectivity index (χ2v) is 9.36. The molecule has 0 spiro atoms. The summed E-state index contributed by atoms with van der Waals surface area (Å²) in [6, 6.07) is 15.0. The Morgan fingerprint density at radius 3 is 2.75 bits per heavy atom. The standard InChI is InChI=1S/C23H19N3O4S2/c1-13(20(27)24-15-7-8-17-18(11-15)30-10-9-29-17)32-23-25-21(28)19-16(12-31-22(19)26-23)14-5-3-2-4-6-14/h2-8,11-13H,9-10H2,1H3,(H,24,27)(H,25,26,28)/t13-/m1/s1. The van der Waals surface area contributed by atoms with E-state index in [4.69, 9.17) is 9.47 Å². The number of nitrogens with one attached hydrogen (secondary N) is 2. The summed E-state index contributed by atoms with van der Waals surface area (Å²) in [6.45, 7) is 2.76. The number of nitrogens with zero attached hydrogens (tertiary/aromatic N) is 1. The van der Waals surface area contributed by atoms with E-state index in [1.165, 1.54) is 23.1 Å². The minimum atomic E-state index is -0.475. The second kappa shape index (κ2) is 8.68. The lowest BCUT2D eigenvalue weighted by Gasteiger charge is -2.19. The maximum absolute atomic E-state index is 12.8. The highest BCUT2D eigenvalue weighted by Crippen LogP contribution is 2.34. The number of carbonyl (C=O) groups is 1. The molecule has 4 aromatic rings. The maximum atomic E-state index is 12.8. The van der Waals surface area contributed by atoms with Crippen LogP contribution in [-0.2, 0) is 4.79 Å². The highest BCUT2D eigenvalue weighted by molar-refractivity contribution is 8.00. The quantitative estimate of drug-likeness (QED) is 0.332. The van der Waals surface area contributed by atoms with Crippen molar-refractivity contribution in [1.29, 1.82) is 0 Å². The van der Waals surface area contributed by atoms with Crippen molar-refractivity contribution in [3.05, 3.63) is 64.3 Å². The van der Waals surface area contributed by atoms with Crippen molar-refractivity contribution in [2.24, 2.45) is 0 Å². The summed E-state index contributed by atoms with van der Waals surface area (Å²) in [6.07, 6.45) is 0. The number of aromatic nitrogens is 2. The average Bonchev–Trinajstić information content (AvgIpc) is 3.24. The molecule has 0 radical (unpaired) electrons. The zero-order valence-electron chi connectivity index (χ0n) is 17.1. The molecule has 0 unspecified atom stereocenters. The van der Waals surface area contributed by atoms with Gasteiger partial charge in [-0.1, -0.05) is 42.1 Å². The monoisotopic (exact) mass is 465 g/mol. The van der Waals surface area contributed by atoms with Crippen molar-refractivity contribution in [3.63, 3.8) is 0 Å². The molecule has 162 valence electrons. The third kappa shape index (κ3) is 4.09. The number of carbonyl (C=O) groups excluding carboxylic acids is 1. The Labute approximate surface area is 191 Å². The first-order valence-electron chi connectivity index (χ1n) is 10.0. The molecule has 1 amide bonds. The van der Waals surface area contributed by atoms with Gasteiger partial charge in [-0.15, -0.1) is 11.3 Å². The number of ether oxygens (including phenoxy) is 2. The molecule has 0 fully saturated rings. The van der Waals surface area contributed by atoms with Crippen LogP contribution in [0.2, 0.25) is 0 Å². The van der Waals surface area contributed by atoms with Crippen LogP contribution in [0.3, 0.4) is 0 Å². The minimum Gasteiger partial charge on any atom is -0.486 e. The van der Waals surface area contributed by atoms with Crippen molar-refractivity contribution in [2.75, 3.05) is 18.5 Å². The summed E-state index contributed by atoms with van der Waals surface area (Å²) in [5.41, 5.74) is 2.24. The van der Waals surface area contributed by atoms with Gasteiger partial charge in [0.25, 0.3) is 5.56 Å². The van der Waals surface area contributed by atoms with Crippen LogP contribution in [0.5, 0.6) is 11.5 Å². The number of fused-ring (bicyclic) bond motifs is 2. The Balaban J connectivity index is 1.33. The number of benzene rings is 2. The van der Waals surface area contributed by atoms with Crippen molar-refractivity contribution in [2.45, 2.75) is 17.3 Å². The lowest BCUT2D eigenvalue weighted by atomic mass is 10.1. The number of rotatable bonds is 5. The van der Waals surface area contributed by atoms with Gasteiger partial charge in [0.2, 0.25) is 5.91 Å². The van der Waals surface area contributed by atoms with E-state index in [1.807, 2.05) is 35.7 Å². The van der Waals surface area contributed by atoms with E-state index in [2.05, 4.69) is 15.3 Å². The van der Waals surface area contributed by atoms with E-state index in [0.717, 1.165) is 11.1 Å². The Morgan fingerprint density at radius 2 is 1.94 bits per heavy atom. The van der Waals surface area contributed by atoms with Gasteiger partial charge in [0.15, 0.2) is 16.7 Å². The number of H-pyrrole nitrogens is 1. The topological polar surface area (TPSA) is 93.3 Å². The summed E-state index contributed by atoms with van der Waals surface area (Å²) in [4.78, 5) is 33.6.